The molecule has 0 aliphatic rings. The number of amides is 1. The number of ether oxygens (including phenoxy) is 1. The van der Waals surface area contributed by atoms with Gasteiger partial charge in [-0.15, -0.1) is 5.10 Å². The third-order valence-corrected chi connectivity index (χ3v) is 3.91. The van der Waals surface area contributed by atoms with Crippen LogP contribution in [-0.2, 0) is 0 Å². The zero-order valence-corrected chi connectivity index (χ0v) is 14.0. The van der Waals surface area contributed by atoms with Crippen molar-refractivity contribution in [2.75, 3.05) is 20.7 Å². The van der Waals surface area contributed by atoms with Crippen molar-refractivity contribution in [2.24, 2.45) is 0 Å². The number of carbonyl (C=O) groups is 1. The Morgan fingerprint density at radius 3 is 2.71 bits per heavy atom. The normalized spacial score (nSPS) is 11.4. The van der Waals surface area contributed by atoms with E-state index in [1.54, 1.807) is 33.2 Å². The molecular weight excluding hydrogens is 345 g/mol. The summed E-state index contributed by atoms with van der Waals surface area (Å²) in [5.74, 6) is 0.0904. The molecule has 0 saturated carbocycles. The molecule has 6 nitrogen and oxygen atoms in total. The predicted molar refractivity (Wildman–Crippen MR) is 81.4 cm³/mol. The van der Waals surface area contributed by atoms with Crippen LogP contribution in [0.2, 0.25) is 0 Å². The van der Waals surface area contributed by atoms with E-state index < -0.39 is 12.8 Å². The lowest BCUT2D eigenvalue weighted by Gasteiger charge is -2.13. The first-order valence-corrected chi connectivity index (χ1v) is 7.59. The van der Waals surface area contributed by atoms with Gasteiger partial charge in [0.05, 0.1) is 4.90 Å². The first-order valence-electron chi connectivity index (χ1n) is 6.77. The van der Waals surface area contributed by atoms with Crippen molar-refractivity contribution < 1.29 is 22.7 Å². The van der Waals surface area contributed by atoms with E-state index in [0.717, 1.165) is 22.0 Å². The van der Waals surface area contributed by atoms with Gasteiger partial charge < -0.3 is 9.64 Å². The number of alkyl halides is 3. The molecule has 0 unspecified atom stereocenters. The molecule has 0 N–H and O–H groups in total. The molecule has 10 heteroatoms. The lowest BCUT2D eigenvalue weighted by Crippen LogP contribution is -2.27. The molecule has 2 rings (SSSR count). The van der Waals surface area contributed by atoms with Crippen LogP contribution in [0.25, 0.3) is 0 Å². The molecule has 1 aromatic carbocycles. The third-order valence-electron chi connectivity index (χ3n) is 2.81. The number of rotatable bonds is 4. The van der Waals surface area contributed by atoms with Crippen LogP contribution in [0.3, 0.4) is 0 Å². The average molecular weight is 360 g/mol. The molecule has 24 heavy (non-hydrogen) atoms. The van der Waals surface area contributed by atoms with Gasteiger partial charge in [-0.3, -0.25) is 0 Å². The van der Waals surface area contributed by atoms with Crippen molar-refractivity contribution in [3.63, 3.8) is 0 Å². The number of halogens is 3. The first kappa shape index (κ1) is 18.1. The highest BCUT2D eigenvalue weighted by atomic mass is 32.2. The number of carbonyl (C=O) groups excluding carboxylic acids is 1. The van der Waals surface area contributed by atoms with E-state index in [2.05, 4.69) is 10.1 Å². The van der Waals surface area contributed by atoms with E-state index in [1.807, 2.05) is 0 Å². The molecule has 0 bridgehead atoms. The lowest BCUT2D eigenvalue weighted by atomic mass is 10.2. The van der Waals surface area contributed by atoms with Crippen LogP contribution < -0.4 is 4.74 Å². The minimum Gasteiger partial charge on any atom is -0.483 e. The van der Waals surface area contributed by atoms with Gasteiger partial charge in [0.25, 0.3) is 0 Å². The zero-order chi connectivity index (χ0) is 17.9. The number of hydrogen-bond acceptors (Lipinski definition) is 5. The Balaban J connectivity index is 2.22. The van der Waals surface area contributed by atoms with Crippen molar-refractivity contribution in [2.45, 2.75) is 23.2 Å². The van der Waals surface area contributed by atoms with Gasteiger partial charge in [-0.25, -0.2) is 9.78 Å². The van der Waals surface area contributed by atoms with Gasteiger partial charge in [0.15, 0.2) is 6.61 Å². The quantitative estimate of drug-likeness (QED) is 0.838. The Labute approximate surface area is 140 Å². The second-order valence-electron chi connectivity index (χ2n) is 5.06. The van der Waals surface area contributed by atoms with E-state index in [-0.39, 0.29) is 16.9 Å². The molecule has 1 amide bonds. The highest BCUT2D eigenvalue weighted by molar-refractivity contribution is 7.99. The molecule has 0 aliphatic carbocycles. The molecule has 0 aliphatic heterocycles. The SMILES string of the molecule is Cc1cccc(OCC(F)(F)F)c1Sc1ncn(C(=O)N(C)C)n1. The second-order valence-corrected chi connectivity index (χ2v) is 6.03. The summed E-state index contributed by atoms with van der Waals surface area (Å²) in [5.41, 5.74) is 0.718. The van der Waals surface area contributed by atoms with Crippen molar-refractivity contribution >= 4 is 17.8 Å². The standard InChI is InChI=1S/C14H15F3N4O2S/c1-9-5-4-6-10(23-7-14(15,16)17)11(9)24-12-18-8-21(19-12)13(22)20(2)3/h4-6,8H,7H2,1-3H3. The summed E-state index contributed by atoms with van der Waals surface area (Å²) < 4.78 is 43.0. The smallest absolute Gasteiger partial charge is 0.422 e. The monoisotopic (exact) mass is 360 g/mol. The topological polar surface area (TPSA) is 60.3 Å². The van der Waals surface area contributed by atoms with Crippen LogP contribution >= 0.6 is 11.8 Å². The van der Waals surface area contributed by atoms with E-state index in [1.165, 1.54) is 17.3 Å². The maximum atomic E-state index is 12.4. The van der Waals surface area contributed by atoms with Crippen LogP contribution in [-0.4, -0.2) is 52.6 Å². The molecule has 0 atom stereocenters. The van der Waals surface area contributed by atoms with E-state index in [0.29, 0.717) is 4.90 Å². The molecule has 0 spiro atoms. The fourth-order valence-electron chi connectivity index (χ4n) is 1.71. The van der Waals surface area contributed by atoms with Crippen molar-refractivity contribution in [1.82, 2.24) is 19.7 Å². The highest BCUT2D eigenvalue weighted by Gasteiger charge is 2.29. The lowest BCUT2D eigenvalue weighted by molar-refractivity contribution is -0.153. The third kappa shape index (κ3) is 4.63. The summed E-state index contributed by atoms with van der Waals surface area (Å²) >= 11 is 1.04. The minimum atomic E-state index is -4.43. The molecule has 130 valence electrons. The number of hydrogen-bond donors (Lipinski definition) is 0. The van der Waals surface area contributed by atoms with Gasteiger partial charge in [-0.2, -0.15) is 17.9 Å². The van der Waals surface area contributed by atoms with E-state index >= 15 is 0 Å². The number of nitrogens with zero attached hydrogens (tertiary/aromatic N) is 4. The van der Waals surface area contributed by atoms with Crippen LogP contribution in [0.5, 0.6) is 5.75 Å². The van der Waals surface area contributed by atoms with Gasteiger partial charge in [0.2, 0.25) is 5.16 Å². The van der Waals surface area contributed by atoms with E-state index in [4.69, 9.17) is 4.74 Å². The van der Waals surface area contributed by atoms with Crippen LogP contribution in [0.4, 0.5) is 18.0 Å². The fourth-order valence-corrected chi connectivity index (χ4v) is 2.58. The van der Waals surface area contributed by atoms with Crippen LogP contribution in [0, 0.1) is 6.92 Å². The van der Waals surface area contributed by atoms with Gasteiger partial charge >= 0.3 is 12.2 Å². The first-order chi connectivity index (χ1) is 11.2. The Hall–Kier alpha value is -2.23. The predicted octanol–water partition coefficient (Wildman–Crippen LogP) is 3.21. The number of benzene rings is 1. The van der Waals surface area contributed by atoms with Crippen molar-refractivity contribution in [1.29, 1.82) is 0 Å². The zero-order valence-electron chi connectivity index (χ0n) is 13.2. The molecule has 2 aromatic rings. The van der Waals surface area contributed by atoms with Gasteiger partial charge in [-0.1, -0.05) is 12.1 Å². The summed E-state index contributed by atoms with van der Waals surface area (Å²) in [4.78, 5) is 17.6. The van der Waals surface area contributed by atoms with Gasteiger partial charge in [0.1, 0.15) is 12.1 Å². The largest absolute Gasteiger partial charge is 0.483 e. The summed E-state index contributed by atoms with van der Waals surface area (Å²) in [6, 6.07) is 4.41. The van der Waals surface area contributed by atoms with Gasteiger partial charge in [-0.05, 0) is 30.3 Å². The fraction of sp³-hybridized carbons (Fsp3) is 0.357. The Morgan fingerprint density at radius 2 is 2.08 bits per heavy atom. The molecule has 0 fully saturated rings. The molecule has 0 radical (unpaired) electrons. The van der Waals surface area contributed by atoms with Crippen LogP contribution in [0.15, 0.2) is 34.6 Å². The average Bonchev–Trinajstić information content (AvgIpc) is 2.94. The van der Waals surface area contributed by atoms with Crippen LogP contribution in [0.1, 0.15) is 5.56 Å². The second kappa shape index (κ2) is 7.12. The Kier molecular flexibility index (Phi) is 5.37. The maximum absolute atomic E-state index is 12.4. The van der Waals surface area contributed by atoms with Crippen molar-refractivity contribution in [3.05, 3.63) is 30.1 Å². The number of aromatic nitrogens is 3. The Morgan fingerprint density at radius 1 is 1.38 bits per heavy atom. The Bertz CT molecular complexity index is 731. The van der Waals surface area contributed by atoms with Gasteiger partial charge in [0, 0.05) is 14.1 Å². The molecule has 1 aromatic heterocycles. The molecule has 0 saturated heterocycles. The highest BCUT2D eigenvalue weighted by Crippen LogP contribution is 2.36. The number of aryl methyl sites for hydroxylation is 1. The summed E-state index contributed by atoms with van der Waals surface area (Å²) in [6.07, 6.45) is -3.18. The molecular formula is C14H15F3N4O2S. The van der Waals surface area contributed by atoms with Crippen molar-refractivity contribution in [3.8, 4) is 5.75 Å². The summed E-state index contributed by atoms with van der Waals surface area (Å²) in [6.45, 7) is 0.357. The summed E-state index contributed by atoms with van der Waals surface area (Å²) in [7, 11) is 3.14. The molecule has 1 heterocycles. The van der Waals surface area contributed by atoms with E-state index in [9.17, 15) is 18.0 Å². The summed E-state index contributed by atoms with van der Waals surface area (Å²) in [5, 5.41) is 4.25. The minimum absolute atomic E-state index is 0.0904. The maximum Gasteiger partial charge on any atom is 0.422 e.